The van der Waals surface area contributed by atoms with Crippen LogP contribution < -0.4 is 0 Å². The van der Waals surface area contributed by atoms with Gasteiger partial charge in [-0.1, -0.05) is 48.8 Å². The largest absolute Gasteiger partial charge is 0.337 e. The molecule has 0 N–H and O–H groups in total. The number of hydrogen-bond donors (Lipinski definition) is 0. The third-order valence-electron chi connectivity index (χ3n) is 3.29. The molecule has 5 heteroatoms. The van der Waals surface area contributed by atoms with Crippen molar-refractivity contribution in [3.05, 3.63) is 35.7 Å². The molecule has 0 spiro atoms. The van der Waals surface area contributed by atoms with Crippen LogP contribution in [0.1, 0.15) is 32.2 Å². The lowest BCUT2D eigenvalue weighted by atomic mass is 10.1. The predicted molar refractivity (Wildman–Crippen MR) is 80.4 cm³/mol. The van der Waals surface area contributed by atoms with Crippen molar-refractivity contribution in [3.63, 3.8) is 0 Å². The minimum absolute atomic E-state index is 0.0376. The summed E-state index contributed by atoms with van der Waals surface area (Å²) in [5.74, 6) is 1.07. The maximum atomic E-state index is 12.0. The lowest BCUT2D eigenvalue weighted by molar-refractivity contribution is -0.135. The fourth-order valence-electron chi connectivity index (χ4n) is 2.01. The monoisotopic (exact) mass is 287 g/mol. The Morgan fingerprint density at radius 3 is 2.52 bits per heavy atom. The Kier molecular flexibility index (Phi) is 4.73. The van der Waals surface area contributed by atoms with E-state index in [1.165, 1.54) is 5.56 Å². The van der Waals surface area contributed by atoms with E-state index >= 15 is 0 Å². The van der Waals surface area contributed by atoms with E-state index < -0.39 is 0 Å². The van der Waals surface area contributed by atoms with Crippen molar-refractivity contribution in [3.8, 4) is 11.4 Å². The van der Waals surface area contributed by atoms with Crippen LogP contribution in [0.3, 0.4) is 0 Å². The number of carbonyl (C=O) groups excluding carboxylic acids is 1. The van der Waals surface area contributed by atoms with Crippen LogP contribution >= 0.6 is 0 Å². The molecule has 1 heterocycles. The summed E-state index contributed by atoms with van der Waals surface area (Å²) in [5.41, 5.74) is 2.09. The number of aryl methyl sites for hydroxylation is 1. The van der Waals surface area contributed by atoms with E-state index in [9.17, 15) is 4.79 Å². The van der Waals surface area contributed by atoms with E-state index in [1.807, 2.05) is 52.0 Å². The Hall–Kier alpha value is -2.17. The molecule has 0 saturated carbocycles. The van der Waals surface area contributed by atoms with Crippen molar-refractivity contribution in [1.29, 1.82) is 0 Å². The maximum Gasteiger partial charge on any atom is 0.246 e. The van der Waals surface area contributed by atoms with E-state index in [1.54, 1.807) is 4.90 Å². The molecule has 1 amide bonds. The lowest BCUT2D eigenvalue weighted by Gasteiger charge is -2.20. The smallest absolute Gasteiger partial charge is 0.246 e. The molecule has 0 aliphatic rings. The quantitative estimate of drug-likeness (QED) is 0.848. The van der Waals surface area contributed by atoms with Crippen LogP contribution in [0.25, 0.3) is 11.4 Å². The van der Waals surface area contributed by atoms with Crippen molar-refractivity contribution in [2.75, 3.05) is 6.54 Å². The van der Waals surface area contributed by atoms with E-state index in [0.29, 0.717) is 24.8 Å². The predicted octanol–water partition coefficient (Wildman–Crippen LogP) is 3.05. The molecular formula is C16H21N3O2. The average molecular weight is 287 g/mol. The Balaban J connectivity index is 2.12. The van der Waals surface area contributed by atoms with Gasteiger partial charge in [0.1, 0.15) is 0 Å². The fourth-order valence-corrected chi connectivity index (χ4v) is 2.01. The first-order valence-corrected chi connectivity index (χ1v) is 7.19. The first-order chi connectivity index (χ1) is 10.0. The van der Waals surface area contributed by atoms with Crippen LogP contribution in [0, 0.1) is 12.8 Å². The minimum Gasteiger partial charge on any atom is -0.337 e. The number of amides is 1. The molecule has 21 heavy (non-hydrogen) atoms. The summed E-state index contributed by atoms with van der Waals surface area (Å²) in [7, 11) is 0. The van der Waals surface area contributed by atoms with Gasteiger partial charge in [0.15, 0.2) is 0 Å². The van der Waals surface area contributed by atoms with Crippen LogP contribution in [0.2, 0.25) is 0 Å². The van der Waals surface area contributed by atoms with Crippen molar-refractivity contribution < 1.29 is 9.32 Å². The minimum atomic E-state index is -0.0376. The van der Waals surface area contributed by atoms with Gasteiger partial charge >= 0.3 is 0 Å². The van der Waals surface area contributed by atoms with Gasteiger partial charge in [-0.25, -0.2) is 0 Å². The Morgan fingerprint density at radius 1 is 1.29 bits per heavy atom. The molecule has 2 rings (SSSR count). The molecule has 0 aliphatic carbocycles. The van der Waals surface area contributed by atoms with Crippen LogP contribution in [0.5, 0.6) is 0 Å². The van der Waals surface area contributed by atoms with E-state index in [0.717, 1.165) is 5.56 Å². The van der Waals surface area contributed by atoms with Crippen LogP contribution in [0.15, 0.2) is 28.8 Å². The van der Waals surface area contributed by atoms with Crippen LogP contribution in [-0.2, 0) is 11.3 Å². The summed E-state index contributed by atoms with van der Waals surface area (Å²) in [6, 6.07) is 7.93. The average Bonchev–Trinajstić information content (AvgIpc) is 2.93. The van der Waals surface area contributed by atoms with Crippen LogP contribution in [0.4, 0.5) is 0 Å². The summed E-state index contributed by atoms with van der Waals surface area (Å²) >= 11 is 0. The number of rotatable bonds is 5. The summed E-state index contributed by atoms with van der Waals surface area (Å²) in [6.07, 6.45) is 0. The van der Waals surface area contributed by atoms with Gasteiger partial charge in [0.2, 0.25) is 17.6 Å². The molecule has 0 bridgehead atoms. The van der Waals surface area contributed by atoms with E-state index in [4.69, 9.17) is 4.52 Å². The number of carbonyl (C=O) groups is 1. The molecule has 2 aromatic rings. The summed E-state index contributed by atoms with van der Waals surface area (Å²) in [4.78, 5) is 18.1. The SMILES string of the molecule is CCN(Cc1nc(-c2ccc(C)cc2)no1)C(=O)C(C)C. The van der Waals surface area contributed by atoms with Gasteiger partial charge in [-0.2, -0.15) is 4.98 Å². The van der Waals surface area contributed by atoms with Gasteiger partial charge in [-0.15, -0.1) is 0 Å². The molecule has 1 aromatic heterocycles. The third-order valence-corrected chi connectivity index (χ3v) is 3.29. The zero-order valence-corrected chi connectivity index (χ0v) is 13.0. The fraction of sp³-hybridized carbons (Fsp3) is 0.438. The van der Waals surface area contributed by atoms with Gasteiger partial charge < -0.3 is 9.42 Å². The highest BCUT2D eigenvalue weighted by Gasteiger charge is 2.18. The standard InChI is InChI=1S/C16H21N3O2/c1-5-19(16(20)11(2)3)10-14-17-15(18-21-14)13-8-6-12(4)7-9-13/h6-9,11H,5,10H2,1-4H3. The first-order valence-electron chi connectivity index (χ1n) is 7.19. The second kappa shape index (κ2) is 6.52. The Morgan fingerprint density at radius 2 is 1.95 bits per heavy atom. The Labute approximate surface area is 125 Å². The highest BCUT2D eigenvalue weighted by atomic mass is 16.5. The molecule has 1 aromatic carbocycles. The molecule has 0 unspecified atom stereocenters. The molecule has 0 atom stereocenters. The second-order valence-corrected chi connectivity index (χ2v) is 5.38. The molecule has 0 radical (unpaired) electrons. The van der Waals surface area contributed by atoms with Gasteiger partial charge in [-0.05, 0) is 13.8 Å². The summed E-state index contributed by atoms with van der Waals surface area (Å²) in [6.45, 7) is 8.72. The Bertz CT molecular complexity index is 602. The highest BCUT2D eigenvalue weighted by molar-refractivity contribution is 5.77. The molecule has 5 nitrogen and oxygen atoms in total. The molecular weight excluding hydrogens is 266 g/mol. The van der Waals surface area contributed by atoms with Crippen molar-refractivity contribution >= 4 is 5.91 Å². The van der Waals surface area contributed by atoms with Crippen molar-refractivity contribution in [2.24, 2.45) is 5.92 Å². The normalized spacial score (nSPS) is 10.9. The molecule has 112 valence electrons. The molecule has 0 saturated heterocycles. The summed E-state index contributed by atoms with van der Waals surface area (Å²) in [5, 5.41) is 3.98. The van der Waals surface area contributed by atoms with E-state index in [2.05, 4.69) is 10.1 Å². The summed E-state index contributed by atoms with van der Waals surface area (Å²) < 4.78 is 5.26. The third kappa shape index (κ3) is 3.68. The highest BCUT2D eigenvalue weighted by Crippen LogP contribution is 2.17. The van der Waals surface area contributed by atoms with Gasteiger partial charge in [0, 0.05) is 18.0 Å². The maximum absolute atomic E-state index is 12.0. The number of nitrogens with zero attached hydrogens (tertiary/aromatic N) is 3. The van der Waals surface area contributed by atoms with Crippen molar-refractivity contribution in [2.45, 2.75) is 34.2 Å². The molecule has 0 fully saturated rings. The topological polar surface area (TPSA) is 59.2 Å². The second-order valence-electron chi connectivity index (χ2n) is 5.38. The number of hydrogen-bond acceptors (Lipinski definition) is 4. The zero-order valence-electron chi connectivity index (χ0n) is 13.0. The number of aromatic nitrogens is 2. The zero-order chi connectivity index (χ0) is 15.4. The van der Waals surface area contributed by atoms with E-state index in [-0.39, 0.29) is 11.8 Å². The number of benzene rings is 1. The molecule has 0 aliphatic heterocycles. The first kappa shape index (κ1) is 15.2. The van der Waals surface area contributed by atoms with Crippen LogP contribution in [-0.4, -0.2) is 27.5 Å². The lowest BCUT2D eigenvalue weighted by Crippen LogP contribution is -2.33. The van der Waals surface area contributed by atoms with Gasteiger partial charge in [0.05, 0.1) is 6.54 Å². The van der Waals surface area contributed by atoms with Gasteiger partial charge in [-0.3, -0.25) is 4.79 Å². The van der Waals surface area contributed by atoms with Gasteiger partial charge in [0.25, 0.3) is 0 Å². The van der Waals surface area contributed by atoms with Crippen molar-refractivity contribution in [1.82, 2.24) is 15.0 Å².